The summed E-state index contributed by atoms with van der Waals surface area (Å²) in [7, 11) is 0. The molecule has 0 unspecified atom stereocenters. The van der Waals surface area contributed by atoms with Crippen molar-refractivity contribution in [2.75, 3.05) is 18.9 Å². The molecule has 3 N–H and O–H groups in total. The lowest BCUT2D eigenvalue weighted by molar-refractivity contribution is -0.122. The number of ether oxygens (including phenoxy) is 1. The lowest BCUT2D eigenvalue weighted by atomic mass is 10.5. The first-order chi connectivity index (χ1) is 7.58. The number of carbonyl (C=O) groups is 1. The second-order valence-corrected chi connectivity index (χ2v) is 3.71. The van der Waals surface area contributed by atoms with Crippen molar-refractivity contribution in [1.29, 1.82) is 0 Å². The van der Waals surface area contributed by atoms with Gasteiger partial charge in [-0.05, 0) is 19.9 Å². The number of nitrogens with two attached hydrogens (primary N) is 1. The first kappa shape index (κ1) is 12.5. The Labute approximate surface area is 94.8 Å². The van der Waals surface area contributed by atoms with Crippen molar-refractivity contribution in [3.63, 3.8) is 0 Å². The van der Waals surface area contributed by atoms with Gasteiger partial charge in [0.1, 0.15) is 12.4 Å². The van der Waals surface area contributed by atoms with Crippen LogP contribution >= 0.6 is 0 Å². The van der Waals surface area contributed by atoms with Crippen LogP contribution in [-0.4, -0.2) is 34.9 Å². The highest BCUT2D eigenvalue weighted by Crippen LogP contribution is 1.94. The molecule has 0 aliphatic rings. The molecule has 0 radical (unpaired) electrons. The number of anilines is 1. The van der Waals surface area contributed by atoms with Crippen LogP contribution in [0.4, 0.5) is 5.82 Å². The Kier molecular flexibility index (Phi) is 4.78. The zero-order valence-electron chi connectivity index (χ0n) is 9.64. The van der Waals surface area contributed by atoms with E-state index in [0.29, 0.717) is 19.0 Å². The molecule has 6 heteroatoms. The average Bonchev–Trinajstić information content (AvgIpc) is 2.58. The van der Waals surface area contributed by atoms with E-state index in [9.17, 15) is 4.79 Å². The molecule has 1 aromatic heterocycles. The smallest absolute Gasteiger partial charge is 0.241 e. The van der Waals surface area contributed by atoms with Gasteiger partial charge in [0.2, 0.25) is 5.91 Å². The second kappa shape index (κ2) is 6.12. The maximum absolute atomic E-state index is 11.4. The van der Waals surface area contributed by atoms with Crippen molar-refractivity contribution >= 4 is 11.7 Å². The van der Waals surface area contributed by atoms with E-state index in [1.165, 1.54) is 4.68 Å². The van der Waals surface area contributed by atoms with Crippen LogP contribution < -0.4 is 11.1 Å². The highest BCUT2D eigenvalue weighted by molar-refractivity contribution is 5.75. The Bertz CT molecular complexity index is 335. The van der Waals surface area contributed by atoms with Crippen molar-refractivity contribution in [2.24, 2.45) is 0 Å². The maximum Gasteiger partial charge on any atom is 0.241 e. The number of aromatic nitrogens is 2. The van der Waals surface area contributed by atoms with Crippen LogP contribution in [0, 0.1) is 0 Å². The van der Waals surface area contributed by atoms with Gasteiger partial charge in [-0.1, -0.05) is 0 Å². The molecule has 0 bridgehead atoms. The van der Waals surface area contributed by atoms with Crippen molar-refractivity contribution < 1.29 is 9.53 Å². The average molecular weight is 226 g/mol. The van der Waals surface area contributed by atoms with Crippen molar-refractivity contribution in [1.82, 2.24) is 15.1 Å². The van der Waals surface area contributed by atoms with Crippen LogP contribution in [0.25, 0.3) is 0 Å². The molecule has 1 amide bonds. The molecule has 0 fully saturated rings. The SMILES string of the molecule is CC(C)OCCNC(=O)Cn1ccc(N)n1. The predicted molar refractivity (Wildman–Crippen MR) is 60.7 cm³/mol. The fourth-order valence-corrected chi connectivity index (χ4v) is 1.15. The first-order valence-electron chi connectivity index (χ1n) is 5.25. The van der Waals surface area contributed by atoms with Gasteiger partial charge in [0.05, 0.1) is 12.7 Å². The van der Waals surface area contributed by atoms with Gasteiger partial charge < -0.3 is 15.8 Å². The van der Waals surface area contributed by atoms with E-state index < -0.39 is 0 Å². The summed E-state index contributed by atoms with van der Waals surface area (Å²) < 4.78 is 6.78. The zero-order chi connectivity index (χ0) is 12.0. The largest absolute Gasteiger partial charge is 0.382 e. The van der Waals surface area contributed by atoms with Gasteiger partial charge in [0.15, 0.2) is 0 Å². The van der Waals surface area contributed by atoms with Crippen molar-refractivity contribution in [3.05, 3.63) is 12.3 Å². The Morgan fingerprint density at radius 3 is 3.00 bits per heavy atom. The summed E-state index contributed by atoms with van der Waals surface area (Å²) >= 11 is 0. The number of hydrogen-bond donors (Lipinski definition) is 2. The molecule has 90 valence electrons. The number of nitrogen functional groups attached to an aromatic ring is 1. The third-order valence-corrected chi connectivity index (χ3v) is 1.84. The fraction of sp³-hybridized carbons (Fsp3) is 0.600. The molecule has 0 saturated carbocycles. The van der Waals surface area contributed by atoms with Gasteiger partial charge in [-0.15, -0.1) is 0 Å². The molecular weight excluding hydrogens is 208 g/mol. The van der Waals surface area contributed by atoms with Gasteiger partial charge in [0.25, 0.3) is 0 Å². The molecule has 0 spiro atoms. The molecule has 16 heavy (non-hydrogen) atoms. The Hall–Kier alpha value is -1.56. The van der Waals surface area contributed by atoms with E-state index in [1.54, 1.807) is 12.3 Å². The Balaban J connectivity index is 2.16. The van der Waals surface area contributed by atoms with E-state index >= 15 is 0 Å². The van der Waals surface area contributed by atoms with Crippen LogP contribution in [0.15, 0.2) is 12.3 Å². The molecule has 1 aromatic rings. The summed E-state index contributed by atoms with van der Waals surface area (Å²) in [5.41, 5.74) is 5.43. The topological polar surface area (TPSA) is 82.2 Å². The second-order valence-electron chi connectivity index (χ2n) is 3.71. The molecule has 6 nitrogen and oxygen atoms in total. The van der Waals surface area contributed by atoms with E-state index in [-0.39, 0.29) is 18.6 Å². The summed E-state index contributed by atoms with van der Waals surface area (Å²) in [6.07, 6.45) is 1.85. The van der Waals surface area contributed by atoms with Crippen molar-refractivity contribution in [2.45, 2.75) is 26.5 Å². The van der Waals surface area contributed by atoms with Crippen LogP contribution in [0.5, 0.6) is 0 Å². The van der Waals surface area contributed by atoms with Gasteiger partial charge >= 0.3 is 0 Å². The molecule has 0 aliphatic heterocycles. The Morgan fingerprint density at radius 1 is 1.69 bits per heavy atom. The van der Waals surface area contributed by atoms with E-state index in [0.717, 1.165) is 0 Å². The van der Waals surface area contributed by atoms with Crippen LogP contribution in [0.3, 0.4) is 0 Å². The third kappa shape index (κ3) is 4.79. The molecule has 0 saturated heterocycles. The number of carbonyl (C=O) groups excluding carboxylic acids is 1. The number of hydrogen-bond acceptors (Lipinski definition) is 4. The summed E-state index contributed by atoms with van der Waals surface area (Å²) in [6.45, 7) is 5.11. The molecule has 1 rings (SSSR count). The fourth-order valence-electron chi connectivity index (χ4n) is 1.15. The van der Waals surface area contributed by atoms with Crippen LogP contribution in [-0.2, 0) is 16.1 Å². The molecule has 0 aromatic carbocycles. The highest BCUT2D eigenvalue weighted by Gasteiger charge is 2.03. The van der Waals surface area contributed by atoms with Gasteiger partial charge in [-0.25, -0.2) is 0 Å². The molecule has 0 aliphatic carbocycles. The van der Waals surface area contributed by atoms with E-state index in [4.69, 9.17) is 10.5 Å². The normalized spacial score (nSPS) is 10.7. The maximum atomic E-state index is 11.4. The molecule has 1 heterocycles. The standard InChI is InChI=1S/C10H18N4O2/c1-8(2)16-6-4-12-10(15)7-14-5-3-9(11)13-14/h3,5,8H,4,6-7H2,1-2H3,(H2,11,13)(H,12,15). The quantitative estimate of drug-likeness (QED) is 0.669. The summed E-state index contributed by atoms with van der Waals surface area (Å²) in [5, 5.41) is 6.64. The lowest BCUT2D eigenvalue weighted by Gasteiger charge is -2.08. The minimum absolute atomic E-state index is 0.101. The summed E-state index contributed by atoms with van der Waals surface area (Å²) in [6, 6.07) is 1.65. The summed E-state index contributed by atoms with van der Waals surface area (Å²) in [5.74, 6) is 0.311. The zero-order valence-corrected chi connectivity index (χ0v) is 9.64. The minimum atomic E-state index is -0.101. The highest BCUT2D eigenvalue weighted by atomic mass is 16.5. The number of nitrogens with one attached hydrogen (secondary N) is 1. The molecule has 0 atom stereocenters. The number of nitrogens with zero attached hydrogens (tertiary/aromatic N) is 2. The third-order valence-electron chi connectivity index (χ3n) is 1.84. The van der Waals surface area contributed by atoms with Crippen LogP contribution in [0.2, 0.25) is 0 Å². The first-order valence-corrected chi connectivity index (χ1v) is 5.25. The van der Waals surface area contributed by atoms with E-state index in [2.05, 4.69) is 10.4 Å². The van der Waals surface area contributed by atoms with Gasteiger partial charge in [-0.2, -0.15) is 5.10 Å². The Morgan fingerprint density at radius 2 is 2.44 bits per heavy atom. The monoisotopic (exact) mass is 226 g/mol. The van der Waals surface area contributed by atoms with E-state index in [1.807, 2.05) is 13.8 Å². The predicted octanol–water partition coefficient (Wildman–Crippen LogP) is 0.00650. The minimum Gasteiger partial charge on any atom is -0.382 e. The number of rotatable bonds is 6. The van der Waals surface area contributed by atoms with Crippen molar-refractivity contribution in [3.8, 4) is 0 Å². The van der Waals surface area contributed by atoms with Crippen LogP contribution in [0.1, 0.15) is 13.8 Å². The van der Waals surface area contributed by atoms with Gasteiger partial charge in [-0.3, -0.25) is 9.48 Å². The number of amides is 1. The van der Waals surface area contributed by atoms with Gasteiger partial charge in [0, 0.05) is 12.7 Å². The summed E-state index contributed by atoms with van der Waals surface area (Å²) in [4.78, 5) is 11.4. The lowest BCUT2D eigenvalue weighted by Crippen LogP contribution is -2.31. The molecular formula is C10H18N4O2.